The number of methoxy groups -OCH3 is 1. The summed E-state index contributed by atoms with van der Waals surface area (Å²) in [6.07, 6.45) is 1.99. The molecule has 0 spiro atoms. The molecule has 1 aliphatic heterocycles. The number of aromatic nitrogens is 1. The third-order valence-electron chi connectivity index (χ3n) is 3.36. The molecule has 0 aromatic carbocycles. The Morgan fingerprint density at radius 3 is 3.06 bits per heavy atom. The zero-order valence-electron chi connectivity index (χ0n) is 11.3. The fraction of sp³-hybridized carbons (Fsp3) is 0.769. The maximum absolute atomic E-state index is 14.2. The van der Waals surface area contributed by atoms with Crippen LogP contribution in [0.15, 0.2) is 10.8 Å². The van der Waals surface area contributed by atoms with Gasteiger partial charge in [0.25, 0.3) is 0 Å². The molecule has 5 heteroatoms. The lowest BCUT2D eigenvalue weighted by molar-refractivity contribution is 0.0466. The molecule has 2 rings (SSSR count). The monoisotopic (exact) mass is 256 g/mol. The van der Waals surface area contributed by atoms with Crippen LogP contribution in [0.25, 0.3) is 0 Å². The maximum Gasteiger partial charge on any atom is 0.181 e. The molecule has 1 unspecified atom stereocenters. The van der Waals surface area contributed by atoms with E-state index in [0.717, 1.165) is 18.0 Å². The van der Waals surface area contributed by atoms with Crippen molar-refractivity contribution in [3.8, 4) is 0 Å². The van der Waals surface area contributed by atoms with Crippen LogP contribution in [0.5, 0.6) is 0 Å². The van der Waals surface area contributed by atoms with Crippen LogP contribution in [-0.2, 0) is 11.3 Å². The van der Waals surface area contributed by atoms with Crippen molar-refractivity contribution in [2.45, 2.75) is 38.4 Å². The van der Waals surface area contributed by atoms with E-state index in [1.54, 1.807) is 7.11 Å². The van der Waals surface area contributed by atoms with Crippen LogP contribution in [0.1, 0.15) is 37.6 Å². The van der Waals surface area contributed by atoms with Crippen LogP contribution < -0.4 is 0 Å². The summed E-state index contributed by atoms with van der Waals surface area (Å²) in [4.78, 5) is 6.30. The molecule has 1 aliphatic rings. The first-order valence-corrected chi connectivity index (χ1v) is 6.36. The van der Waals surface area contributed by atoms with Crippen LogP contribution >= 0.6 is 0 Å². The van der Waals surface area contributed by atoms with Gasteiger partial charge in [0, 0.05) is 32.7 Å². The van der Waals surface area contributed by atoms with Crippen LogP contribution in [-0.4, -0.2) is 42.4 Å². The number of likely N-dealkylation sites (tertiary alicyclic amines) is 1. The fourth-order valence-corrected chi connectivity index (χ4v) is 2.51. The summed E-state index contributed by atoms with van der Waals surface area (Å²) < 4.78 is 24.6. The molecule has 18 heavy (non-hydrogen) atoms. The van der Waals surface area contributed by atoms with Gasteiger partial charge in [-0.05, 0) is 6.42 Å². The van der Waals surface area contributed by atoms with Crippen molar-refractivity contribution in [1.82, 2.24) is 9.88 Å². The summed E-state index contributed by atoms with van der Waals surface area (Å²) >= 11 is 0. The second-order valence-electron chi connectivity index (χ2n) is 5.36. The number of ether oxygens (including phenoxy) is 1. The fourth-order valence-electron chi connectivity index (χ4n) is 2.51. The lowest BCUT2D eigenvalue weighted by Crippen LogP contribution is -2.33. The van der Waals surface area contributed by atoms with Gasteiger partial charge in [0.2, 0.25) is 0 Å². The van der Waals surface area contributed by atoms with E-state index in [9.17, 15) is 4.39 Å². The number of halogens is 1. The van der Waals surface area contributed by atoms with Crippen LogP contribution in [0.3, 0.4) is 0 Å². The smallest absolute Gasteiger partial charge is 0.181 e. The second kappa shape index (κ2) is 5.36. The van der Waals surface area contributed by atoms with Crippen LogP contribution in [0.4, 0.5) is 4.39 Å². The van der Waals surface area contributed by atoms with E-state index in [4.69, 9.17) is 9.15 Å². The Hall–Kier alpha value is -0.940. The Labute approximate surface area is 107 Å². The second-order valence-corrected chi connectivity index (χ2v) is 5.36. The highest BCUT2D eigenvalue weighted by Crippen LogP contribution is 2.28. The Morgan fingerprint density at radius 2 is 2.39 bits per heavy atom. The quantitative estimate of drug-likeness (QED) is 0.810. The first kappa shape index (κ1) is 13.5. The highest BCUT2D eigenvalue weighted by molar-refractivity contribution is 5.11. The molecule has 102 valence electrons. The van der Waals surface area contributed by atoms with Crippen molar-refractivity contribution in [3.63, 3.8) is 0 Å². The van der Waals surface area contributed by atoms with E-state index in [0.29, 0.717) is 25.4 Å². The van der Waals surface area contributed by atoms with Crippen molar-refractivity contribution < 1.29 is 13.5 Å². The molecule has 4 nitrogen and oxygen atoms in total. The standard InChI is InChI=1S/C13H21FN2O2/c1-10(2)12-11(15-9-18-12)6-16-5-4-13(14,7-16)8-17-3/h9-10H,4-8H2,1-3H3. The number of alkyl halides is 1. The van der Waals surface area contributed by atoms with Gasteiger partial charge >= 0.3 is 0 Å². The van der Waals surface area contributed by atoms with Gasteiger partial charge in [-0.2, -0.15) is 0 Å². The zero-order valence-corrected chi connectivity index (χ0v) is 11.3. The predicted molar refractivity (Wildman–Crippen MR) is 66.2 cm³/mol. The molecular weight excluding hydrogens is 235 g/mol. The summed E-state index contributed by atoms with van der Waals surface area (Å²) in [5.41, 5.74) is -0.289. The van der Waals surface area contributed by atoms with Crippen LogP contribution in [0.2, 0.25) is 0 Å². The Bertz CT molecular complexity index is 394. The molecule has 0 N–H and O–H groups in total. The lowest BCUT2D eigenvalue weighted by Gasteiger charge is -2.19. The molecule has 0 saturated carbocycles. The van der Waals surface area contributed by atoms with E-state index in [2.05, 4.69) is 23.7 Å². The van der Waals surface area contributed by atoms with Crippen molar-refractivity contribution in [1.29, 1.82) is 0 Å². The number of nitrogens with zero attached hydrogens (tertiary/aromatic N) is 2. The predicted octanol–water partition coefficient (Wildman–Crippen LogP) is 2.36. The summed E-state index contributed by atoms with van der Waals surface area (Å²) in [6.45, 7) is 6.10. The van der Waals surface area contributed by atoms with Gasteiger partial charge in [-0.15, -0.1) is 0 Å². The van der Waals surface area contributed by atoms with Gasteiger partial charge in [-0.3, -0.25) is 4.90 Å². The van der Waals surface area contributed by atoms with Gasteiger partial charge < -0.3 is 9.15 Å². The number of oxazole rings is 1. The summed E-state index contributed by atoms with van der Waals surface area (Å²) in [6, 6.07) is 0. The largest absolute Gasteiger partial charge is 0.448 e. The highest BCUT2D eigenvalue weighted by atomic mass is 19.1. The van der Waals surface area contributed by atoms with Crippen molar-refractivity contribution in [2.24, 2.45) is 0 Å². The van der Waals surface area contributed by atoms with Gasteiger partial charge in [-0.25, -0.2) is 9.37 Å². The first-order chi connectivity index (χ1) is 8.54. The van der Waals surface area contributed by atoms with E-state index < -0.39 is 5.67 Å². The molecule has 0 aliphatic carbocycles. The van der Waals surface area contributed by atoms with Crippen molar-refractivity contribution >= 4 is 0 Å². The maximum atomic E-state index is 14.2. The van der Waals surface area contributed by atoms with Crippen molar-refractivity contribution in [2.75, 3.05) is 26.8 Å². The summed E-state index contributed by atoms with van der Waals surface area (Å²) in [5.74, 6) is 1.21. The first-order valence-electron chi connectivity index (χ1n) is 6.36. The zero-order chi connectivity index (χ0) is 13.2. The van der Waals surface area contributed by atoms with Gasteiger partial charge in [0.05, 0.1) is 12.3 Å². The number of hydrogen-bond donors (Lipinski definition) is 0. The Morgan fingerprint density at radius 1 is 1.61 bits per heavy atom. The van der Waals surface area contributed by atoms with E-state index >= 15 is 0 Å². The summed E-state index contributed by atoms with van der Waals surface area (Å²) in [5, 5.41) is 0. The molecule has 1 fully saturated rings. The van der Waals surface area contributed by atoms with E-state index in [-0.39, 0.29) is 6.61 Å². The third-order valence-corrected chi connectivity index (χ3v) is 3.36. The molecule has 0 radical (unpaired) electrons. The average molecular weight is 256 g/mol. The van der Waals surface area contributed by atoms with Crippen LogP contribution in [0, 0.1) is 0 Å². The molecule has 0 amide bonds. The normalized spacial score (nSPS) is 25.2. The van der Waals surface area contributed by atoms with Gasteiger partial charge in [0.15, 0.2) is 6.39 Å². The minimum atomic E-state index is -1.21. The number of rotatable bonds is 5. The molecule has 1 atom stereocenters. The SMILES string of the molecule is COCC1(F)CCN(Cc2ncoc2C(C)C)C1. The molecule has 2 heterocycles. The molecular formula is C13H21FN2O2. The van der Waals surface area contributed by atoms with Gasteiger partial charge in [0.1, 0.15) is 11.4 Å². The van der Waals surface area contributed by atoms with Gasteiger partial charge in [-0.1, -0.05) is 13.8 Å². The lowest BCUT2D eigenvalue weighted by atomic mass is 10.1. The van der Waals surface area contributed by atoms with Crippen molar-refractivity contribution in [3.05, 3.63) is 17.8 Å². The van der Waals surface area contributed by atoms with E-state index in [1.807, 2.05) is 0 Å². The average Bonchev–Trinajstić information content (AvgIpc) is 2.87. The number of hydrogen-bond acceptors (Lipinski definition) is 4. The molecule has 1 saturated heterocycles. The highest BCUT2D eigenvalue weighted by Gasteiger charge is 2.38. The molecule has 1 aromatic rings. The van der Waals surface area contributed by atoms with E-state index in [1.165, 1.54) is 6.39 Å². The minimum Gasteiger partial charge on any atom is -0.448 e. The molecule has 1 aromatic heterocycles. The summed E-state index contributed by atoms with van der Waals surface area (Å²) in [7, 11) is 1.54. The Kier molecular flexibility index (Phi) is 4.02. The molecule has 0 bridgehead atoms. The third kappa shape index (κ3) is 2.90. The minimum absolute atomic E-state index is 0.166. The Balaban J connectivity index is 1.97. The topological polar surface area (TPSA) is 38.5 Å².